The Bertz CT molecular complexity index is 3500. The molecule has 0 radical (unpaired) electrons. The van der Waals surface area contributed by atoms with Crippen molar-refractivity contribution in [2.45, 2.75) is 39.3 Å². The summed E-state index contributed by atoms with van der Waals surface area (Å²) in [6.07, 6.45) is 13.0. The first-order valence-electron chi connectivity index (χ1n) is 23.6. The lowest BCUT2D eigenvalue weighted by Gasteiger charge is -2.21. The highest BCUT2D eigenvalue weighted by molar-refractivity contribution is 5.99. The van der Waals surface area contributed by atoms with Crippen LogP contribution in [0, 0.1) is 0 Å². The Kier molecular flexibility index (Phi) is 13.5. The molecule has 10 rings (SSSR count). The number of aromatic nitrogens is 5. The molecule has 5 aromatic heterocycles. The summed E-state index contributed by atoms with van der Waals surface area (Å²) < 4.78 is 0. The van der Waals surface area contributed by atoms with Gasteiger partial charge in [-0.3, -0.25) is 19.9 Å². The third-order valence-corrected chi connectivity index (χ3v) is 12.9. The maximum atomic E-state index is 10.2. The zero-order valence-corrected chi connectivity index (χ0v) is 39.2. The molecule has 0 aliphatic rings. The highest BCUT2D eigenvalue weighted by atomic mass is 16.3. The first-order chi connectivity index (χ1) is 34.8. The molecule has 71 heavy (non-hydrogen) atoms. The van der Waals surface area contributed by atoms with Crippen LogP contribution in [0.4, 0.5) is 0 Å². The first kappa shape index (κ1) is 46.4. The van der Waals surface area contributed by atoms with Crippen molar-refractivity contribution >= 4 is 0 Å². The van der Waals surface area contributed by atoms with Crippen molar-refractivity contribution in [2.24, 2.45) is 17.2 Å². The molecular weight excluding hydrogens is 877 g/mol. The summed E-state index contributed by atoms with van der Waals surface area (Å²) in [6, 6.07) is 51.0. The van der Waals surface area contributed by atoms with Crippen LogP contribution in [0.15, 0.2) is 195 Å². The normalized spacial score (nSPS) is 11.7. The van der Waals surface area contributed by atoms with E-state index in [0.29, 0.717) is 30.2 Å². The van der Waals surface area contributed by atoms with E-state index in [1.54, 1.807) is 0 Å². The summed E-state index contributed by atoms with van der Waals surface area (Å²) in [7, 11) is 0. The van der Waals surface area contributed by atoms with E-state index in [4.69, 9.17) is 42.1 Å². The molecule has 1 atom stereocenters. The van der Waals surface area contributed by atoms with Gasteiger partial charge in [-0.1, -0.05) is 109 Å². The minimum absolute atomic E-state index is 0.0789. The topological polar surface area (TPSA) is 183 Å². The van der Waals surface area contributed by atoms with Crippen molar-refractivity contribution < 1.29 is 10.2 Å². The second-order valence-corrected chi connectivity index (χ2v) is 17.7. The highest BCUT2D eigenvalue weighted by Gasteiger charge is 2.24. The average Bonchev–Trinajstić information content (AvgIpc) is 3.44. The molecule has 10 heteroatoms. The Morgan fingerprint density at radius 1 is 0.408 bits per heavy atom. The minimum atomic E-state index is -0.105. The van der Waals surface area contributed by atoms with Gasteiger partial charge in [0.15, 0.2) is 0 Å². The van der Waals surface area contributed by atoms with E-state index < -0.39 is 0 Å². The zero-order valence-electron chi connectivity index (χ0n) is 39.2. The van der Waals surface area contributed by atoms with Gasteiger partial charge in [-0.25, -0.2) is 4.98 Å². The minimum Gasteiger partial charge on any atom is -0.392 e. The average molecular weight is 929 g/mol. The standard InChI is InChI=1S/C61H52N8O2/c1-38(64)43-16-18-45(19-17-43)50-24-55(34-67-30-50)60-57(25-52(35-68-60)47-6-2-4-41(20-47)28-63)61-59(46-14-10-40(36-70)11-15-46)56(53-22-49(29-65-32-53)44-12-8-39(27-62)9-13-44)26-58(69-61)54-23-51(31-66-33-54)48-7-3-5-42(21-48)37-71/h2-26,29-35,38,70-71H,27-28,36-37,62-64H2,1H3. The maximum Gasteiger partial charge on any atom is 0.0816 e. The molecule has 5 aromatic carbocycles. The predicted octanol–water partition coefficient (Wildman–Crippen LogP) is 11.6. The molecule has 0 amide bonds. The van der Waals surface area contributed by atoms with Gasteiger partial charge in [-0.05, 0) is 111 Å². The lowest BCUT2D eigenvalue weighted by Crippen LogP contribution is -2.04. The maximum absolute atomic E-state index is 10.2. The molecule has 0 bridgehead atoms. The van der Waals surface area contributed by atoms with Crippen LogP contribution in [0.1, 0.15) is 40.8 Å². The molecule has 5 heterocycles. The SMILES string of the molecule is CC(N)c1ccc(-c2cncc(-c3ncc(-c4cccc(CN)c4)cc3-c3nc(-c4cncc(-c5cccc(CO)c5)c4)cc(-c4cncc(-c5ccc(CN)cc5)c4)c3-c3ccc(CO)cc3)c2)cc1. The summed E-state index contributed by atoms with van der Waals surface area (Å²) in [5.41, 5.74) is 38.3. The summed E-state index contributed by atoms with van der Waals surface area (Å²) in [5.74, 6) is 0. The van der Waals surface area contributed by atoms with Crippen LogP contribution in [-0.2, 0) is 26.3 Å². The van der Waals surface area contributed by atoms with Crippen molar-refractivity contribution in [1.82, 2.24) is 24.9 Å². The molecule has 0 fully saturated rings. The Morgan fingerprint density at radius 3 is 1.55 bits per heavy atom. The number of hydrogen-bond donors (Lipinski definition) is 5. The van der Waals surface area contributed by atoms with Crippen LogP contribution in [-0.4, -0.2) is 35.1 Å². The second-order valence-electron chi connectivity index (χ2n) is 17.7. The van der Waals surface area contributed by atoms with Crippen molar-refractivity contribution in [2.75, 3.05) is 0 Å². The number of aliphatic hydroxyl groups excluding tert-OH is 2. The number of nitrogens with zero attached hydrogens (tertiary/aromatic N) is 5. The molecule has 348 valence electrons. The molecule has 1 unspecified atom stereocenters. The van der Waals surface area contributed by atoms with Crippen molar-refractivity contribution in [3.8, 4) is 101 Å². The molecular formula is C61H52N8O2. The summed E-state index contributed by atoms with van der Waals surface area (Å²) >= 11 is 0. The number of hydrogen-bond acceptors (Lipinski definition) is 10. The fraction of sp³-hybridized carbons (Fsp3) is 0.0984. The first-order valence-corrected chi connectivity index (χ1v) is 23.6. The second kappa shape index (κ2) is 20.7. The van der Waals surface area contributed by atoms with Crippen LogP contribution in [0.3, 0.4) is 0 Å². The van der Waals surface area contributed by atoms with Crippen molar-refractivity contribution in [3.05, 3.63) is 223 Å². The summed E-state index contributed by atoms with van der Waals surface area (Å²) in [5, 5.41) is 20.3. The van der Waals surface area contributed by atoms with Gasteiger partial charge in [-0.15, -0.1) is 0 Å². The van der Waals surface area contributed by atoms with E-state index in [1.165, 1.54) is 0 Å². The van der Waals surface area contributed by atoms with Gasteiger partial charge >= 0.3 is 0 Å². The molecule has 0 spiro atoms. The molecule has 8 N–H and O–H groups in total. The Hall–Kier alpha value is -8.35. The van der Waals surface area contributed by atoms with Gasteiger partial charge in [0.1, 0.15) is 0 Å². The van der Waals surface area contributed by atoms with Crippen LogP contribution >= 0.6 is 0 Å². The van der Waals surface area contributed by atoms with E-state index >= 15 is 0 Å². The lowest BCUT2D eigenvalue weighted by molar-refractivity contribution is 0.281. The quantitative estimate of drug-likeness (QED) is 0.0703. The number of pyridine rings is 5. The van der Waals surface area contributed by atoms with E-state index in [1.807, 2.05) is 123 Å². The Balaban J connectivity index is 1.28. The van der Waals surface area contributed by atoms with Crippen LogP contribution in [0.2, 0.25) is 0 Å². The fourth-order valence-electron chi connectivity index (χ4n) is 8.97. The van der Waals surface area contributed by atoms with Crippen LogP contribution < -0.4 is 17.2 Å². The molecule has 0 aliphatic heterocycles. The lowest BCUT2D eigenvalue weighted by atomic mass is 9.87. The van der Waals surface area contributed by atoms with Gasteiger partial charge in [0, 0.05) is 113 Å². The molecule has 0 saturated carbocycles. The van der Waals surface area contributed by atoms with Crippen molar-refractivity contribution in [1.29, 1.82) is 0 Å². The number of nitrogens with two attached hydrogens (primary N) is 3. The van der Waals surface area contributed by atoms with Gasteiger partial charge in [0.25, 0.3) is 0 Å². The Labute approximate surface area is 413 Å². The van der Waals surface area contributed by atoms with Gasteiger partial charge in [0.05, 0.1) is 30.3 Å². The third kappa shape index (κ3) is 9.93. The number of rotatable bonds is 14. The van der Waals surface area contributed by atoms with E-state index in [-0.39, 0.29) is 19.3 Å². The Morgan fingerprint density at radius 2 is 0.915 bits per heavy atom. The fourth-order valence-corrected chi connectivity index (χ4v) is 8.97. The van der Waals surface area contributed by atoms with Crippen LogP contribution in [0.25, 0.3) is 101 Å². The molecule has 0 saturated heterocycles. The van der Waals surface area contributed by atoms with Gasteiger partial charge in [0.2, 0.25) is 0 Å². The van der Waals surface area contributed by atoms with Gasteiger partial charge < -0.3 is 27.4 Å². The third-order valence-electron chi connectivity index (χ3n) is 12.9. The monoisotopic (exact) mass is 928 g/mol. The molecule has 10 aromatic rings. The smallest absolute Gasteiger partial charge is 0.0816 e. The van der Waals surface area contributed by atoms with E-state index in [0.717, 1.165) is 111 Å². The highest BCUT2D eigenvalue weighted by Crippen LogP contribution is 2.46. The largest absolute Gasteiger partial charge is 0.392 e. The predicted molar refractivity (Wildman–Crippen MR) is 285 cm³/mol. The van der Waals surface area contributed by atoms with Crippen molar-refractivity contribution in [3.63, 3.8) is 0 Å². The zero-order chi connectivity index (χ0) is 48.8. The van der Waals surface area contributed by atoms with E-state index in [2.05, 4.69) is 78.9 Å². The summed E-state index contributed by atoms with van der Waals surface area (Å²) in [6.45, 7) is 2.62. The van der Waals surface area contributed by atoms with Crippen LogP contribution in [0.5, 0.6) is 0 Å². The van der Waals surface area contributed by atoms with E-state index in [9.17, 15) is 10.2 Å². The molecule has 10 nitrogen and oxygen atoms in total. The molecule has 0 aliphatic carbocycles. The number of benzene rings is 5. The van der Waals surface area contributed by atoms with Gasteiger partial charge in [-0.2, -0.15) is 0 Å². The number of aliphatic hydroxyl groups is 2. The summed E-state index contributed by atoms with van der Waals surface area (Å²) in [4.78, 5) is 25.4.